The molecule has 636 valence electrons. The second-order valence-electron chi connectivity index (χ2n) is 30.7. The third kappa shape index (κ3) is 23.1. The van der Waals surface area contributed by atoms with E-state index in [1.54, 1.807) is 97.6 Å². The largest absolute Gasteiger partial charge is 0.455 e. The van der Waals surface area contributed by atoms with E-state index in [4.69, 9.17) is 69.8 Å². The van der Waals surface area contributed by atoms with Gasteiger partial charge in [-0.3, -0.25) is 53.3 Å². The van der Waals surface area contributed by atoms with Crippen LogP contribution in [0.25, 0.3) is 90.7 Å². The Bertz CT molecular complexity index is 6150. The van der Waals surface area contributed by atoms with Crippen molar-refractivity contribution in [1.29, 1.82) is 0 Å². The van der Waals surface area contributed by atoms with Crippen LogP contribution < -0.4 is 26.6 Å². The van der Waals surface area contributed by atoms with E-state index in [0.717, 1.165) is 89.1 Å². The first kappa shape index (κ1) is 90.5. The molecule has 5 N–H and O–H groups in total. The van der Waals surface area contributed by atoms with Crippen LogP contribution in [0.1, 0.15) is 146 Å². The van der Waals surface area contributed by atoms with Crippen LogP contribution in [0.15, 0.2) is 206 Å². The fourth-order valence-corrected chi connectivity index (χ4v) is 14.8. The van der Waals surface area contributed by atoms with Crippen LogP contribution in [0.4, 0.5) is 11.5 Å². The third-order valence-electron chi connectivity index (χ3n) is 20.6. The number of rotatable bonds is 27. The summed E-state index contributed by atoms with van der Waals surface area (Å²) in [5.74, 6) is 2.60. The van der Waals surface area contributed by atoms with Crippen LogP contribution in [0.2, 0.25) is 20.1 Å². The number of nitrogens with zero attached hydrogens (tertiary/aromatic N) is 7. The van der Waals surface area contributed by atoms with E-state index >= 15 is 0 Å². The number of likely N-dealkylation sites (tertiary alicyclic amines) is 1. The summed E-state index contributed by atoms with van der Waals surface area (Å²) in [6, 6.07) is 49.1. The van der Waals surface area contributed by atoms with Gasteiger partial charge < -0.3 is 49.2 Å². The summed E-state index contributed by atoms with van der Waals surface area (Å²) in [5.41, 5.74) is 19.7. The maximum atomic E-state index is 13.4. The zero-order chi connectivity index (χ0) is 88.6. The molecular formula is C97H93Cl4N11O12. The Morgan fingerprint density at radius 1 is 0.476 bits per heavy atom. The normalized spacial score (nSPS) is 12.2. The van der Waals surface area contributed by atoms with E-state index in [2.05, 4.69) is 45.8 Å². The van der Waals surface area contributed by atoms with Crippen molar-refractivity contribution < 1.29 is 56.0 Å². The molecule has 5 aromatic carbocycles. The van der Waals surface area contributed by atoms with Crippen molar-refractivity contribution in [2.45, 2.75) is 113 Å². The predicted octanol–water partition coefficient (Wildman–Crippen LogP) is 20.5. The Balaban J connectivity index is 0.000000152. The number of aromatic nitrogens is 5. The molecule has 2 aliphatic rings. The highest BCUT2D eigenvalue weighted by atomic mass is 35.5. The number of furan rings is 3. The molecule has 1 aliphatic carbocycles. The molecule has 13 aromatic rings. The van der Waals surface area contributed by atoms with Crippen molar-refractivity contribution in [3.05, 3.63) is 276 Å². The number of oxazole rings is 1. The van der Waals surface area contributed by atoms with Gasteiger partial charge >= 0.3 is 0 Å². The van der Waals surface area contributed by atoms with Crippen molar-refractivity contribution in [2.24, 2.45) is 11.7 Å². The van der Waals surface area contributed by atoms with Gasteiger partial charge in [0.1, 0.15) is 57.7 Å². The molecule has 1 saturated heterocycles. The molecule has 0 atom stereocenters. The average molecular weight is 1750 g/mol. The minimum Gasteiger partial charge on any atom is -0.455 e. The molecule has 23 nitrogen and oxygen atoms in total. The van der Waals surface area contributed by atoms with Crippen LogP contribution in [-0.4, -0.2) is 117 Å². The first-order chi connectivity index (χ1) is 59.4. The highest BCUT2D eigenvalue weighted by molar-refractivity contribution is 6.35. The molecule has 124 heavy (non-hydrogen) atoms. The lowest BCUT2D eigenvalue weighted by molar-refractivity contribution is -0.120. The maximum Gasteiger partial charge on any atom is 0.271 e. The van der Waals surface area contributed by atoms with Gasteiger partial charge in [-0.15, -0.1) is 0 Å². The van der Waals surface area contributed by atoms with Gasteiger partial charge in [-0.1, -0.05) is 107 Å². The lowest BCUT2D eigenvalue weighted by Gasteiger charge is -2.14. The zero-order valence-corrected chi connectivity index (χ0v) is 73.3. The van der Waals surface area contributed by atoms with Gasteiger partial charge in [-0.05, 0) is 231 Å². The minimum absolute atomic E-state index is 0.00918. The summed E-state index contributed by atoms with van der Waals surface area (Å²) in [7, 11) is 3.97. The standard InChI is InChI=1S/C29H28ClN3O3.C26H29ClN4O3.C21H18ClN3O3.C21H18ClNO3/c1-18-16-31-21(13-19(2)34)14-24(18)27-15-25(28(36-27)23-7-5-6-8-26(23)30)29(35)32-17-20-9-11-22(12-10-20)33(3)4;1-17-16-29-24(30-18(2)32)15-20(17)23-14-21(25(34-23)19-8-3-4-9-22(19)27)26(33)28-10-7-13-31-11-5-6-12-31;1-11-10-24-13(9-17(26)12-6-7-12)8-15(11)21-25-18(20(23)27)19(28-21)14-4-2-3-5-16(14)22;1-12-11-23-15(8-13(2)24)9-17(12)20-10-18(14(3)25)21(26-20)16-6-4-5-7-19(16)22/h5-12,14-16H,13,17H2,1-4H3,(H,32,35);3-4,8-9,14-16H,5-7,10-13H2,1-2H3,(H,28,33)(H,29,30,32);2-5,8,10,12H,6-7,9H2,1H3,(H2,23,27);4-7,9-11H,8H2,1-3H3. The minimum atomic E-state index is -0.708. The van der Waals surface area contributed by atoms with Crippen molar-refractivity contribution >= 4 is 105 Å². The van der Waals surface area contributed by atoms with Gasteiger partial charge in [0.15, 0.2) is 17.2 Å². The Kier molecular flexibility index (Phi) is 30.2. The summed E-state index contributed by atoms with van der Waals surface area (Å²) in [5, 5.41) is 10.6. The Labute approximate surface area is 738 Å². The second kappa shape index (κ2) is 41.4. The molecule has 0 unspecified atom stereocenters. The number of carbonyl (C=O) groups is 8. The summed E-state index contributed by atoms with van der Waals surface area (Å²) in [6.07, 6.45) is 12.8. The molecule has 27 heteroatoms. The molecule has 0 spiro atoms. The number of nitrogens with two attached hydrogens (primary N) is 1. The predicted molar refractivity (Wildman–Crippen MR) is 484 cm³/mol. The number of hydrogen-bond acceptors (Lipinski definition) is 19. The zero-order valence-electron chi connectivity index (χ0n) is 70.3. The molecule has 0 radical (unpaired) electrons. The van der Waals surface area contributed by atoms with Crippen LogP contribution in [0.3, 0.4) is 0 Å². The van der Waals surface area contributed by atoms with Crippen LogP contribution in [-0.2, 0) is 45.0 Å². The van der Waals surface area contributed by atoms with Gasteiger partial charge in [-0.25, -0.2) is 9.97 Å². The number of pyridine rings is 4. The smallest absolute Gasteiger partial charge is 0.271 e. The number of Topliss-reactive ketones (excluding diaryl/α,β-unsaturated/α-hetero) is 4. The van der Waals surface area contributed by atoms with Crippen LogP contribution in [0.5, 0.6) is 0 Å². The SMILES string of the molecule is CC(=O)Cc1cc(-c2cc(C(=O)NCc3ccc(N(C)C)cc3)c(-c3ccccc3Cl)o2)c(C)cn1.CC(=O)Cc1cc(-c2cc(C(C)=O)c(-c3ccccc3Cl)o2)c(C)cn1.CC(=O)Nc1cc(-c2cc(C(=O)NCCCN3CCCC3)c(-c3ccccc3Cl)o2)c(C)cn1.Cc1cnc(CC(=O)C2CC2)cc1-c1nc(C(N)=O)c(-c2ccccc2Cl)o1. The fourth-order valence-electron chi connectivity index (χ4n) is 14.0. The van der Waals surface area contributed by atoms with Gasteiger partial charge in [0.05, 0.1) is 36.8 Å². The van der Waals surface area contributed by atoms with Crippen LogP contribution >= 0.6 is 46.4 Å². The second-order valence-corrected chi connectivity index (χ2v) is 32.3. The molecule has 15 rings (SSSR count). The molecule has 8 aromatic heterocycles. The quantitative estimate of drug-likeness (QED) is 0.0274. The highest BCUT2D eigenvalue weighted by Crippen LogP contribution is 2.43. The Morgan fingerprint density at radius 3 is 1.32 bits per heavy atom. The Morgan fingerprint density at radius 2 is 0.887 bits per heavy atom. The number of ketones is 4. The number of aryl methyl sites for hydroxylation is 4. The van der Waals surface area contributed by atoms with Gasteiger partial charge in [-0.2, -0.15) is 0 Å². The summed E-state index contributed by atoms with van der Waals surface area (Å²) >= 11 is 25.5. The van der Waals surface area contributed by atoms with Gasteiger partial charge in [0.25, 0.3) is 17.7 Å². The number of amides is 4. The lowest BCUT2D eigenvalue weighted by Crippen LogP contribution is -2.28. The highest BCUT2D eigenvalue weighted by Gasteiger charge is 2.32. The lowest BCUT2D eigenvalue weighted by atomic mass is 10.0. The summed E-state index contributed by atoms with van der Waals surface area (Å²) in [6.45, 7) is 17.8. The molecule has 1 saturated carbocycles. The number of halogens is 4. The molecule has 4 amide bonds. The average Bonchev–Trinajstić information content (AvgIpc) is 1.67. The maximum absolute atomic E-state index is 13.4. The number of hydrogen-bond donors (Lipinski definition) is 4. The van der Waals surface area contributed by atoms with Crippen molar-refractivity contribution in [3.63, 3.8) is 0 Å². The molecule has 1 aliphatic heterocycles. The third-order valence-corrected chi connectivity index (χ3v) is 21.9. The van der Waals surface area contributed by atoms with E-state index in [9.17, 15) is 38.4 Å². The van der Waals surface area contributed by atoms with E-state index in [-0.39, 0.29) is 83.4 Å². The van der Waals surface area contributed by atoms with Crippen molar-refractivity contribution in [2.75, 3.05) is 50.5 Å². The first-order valence-electron chi connectivity index (χ1n) is 40.4. The van der Waals surface area contributed by atoms with E-state index in [1.807, 2.05) is 138 Å². The monoisotopic (exact) mass is 1740 g/mol. The topological polar surface area (TPSA) is 322 Å². The molecular weight excluding hydrogens is 1650 g/mol. The van der Waals surface area contributed by atoms with Crippen LogP contribution in [0, 0.1) is 33.6 Å². The van der Waals surface area contributed by atoms with Crippen molar-refractivity contribution in [1.82, 2.24) is 40.5 Å². The first-order valence-corrected chi connectivity index (χ1v) is 41.9. The summed E-state index contributed by atoms with van der Waals surface area (Å²) in [4.78, 5) is 123. The number of benzene rings is 5. The Hall–Kier alpha value is -12.8. The number of primary amides is 1. The molecule has 0 bridgehead atoms. The van der Waals surface area contributed by atoms with E-state index in [1.165, 1.54) is 40.5 Å². The van der Waals surface area contributed by atoms with Gasteiger partial charge in [0.2, 0.25) is 11.8 Å². The number of carbonyl (C=O) groups excluding carboxylic acids is 8. The fraction of sp³-hybridized carbons (Fsp3) is 0.247. The summed E-state index contributed by atoms with van der Waals surface area (Å²) < 4.78 is 24.5. The van der Waals surface area contributed by atoms with E-state index in [0.29, 0.717) is 135 Å². The molecule has 2 fully saturated rings. The molecule has 9 heterocycles. The van der Waals surface area contributed by atoms with E-state index < -0.39 is 5.91 Å². The number of nitrogens with one attached hydrogen (secondary N) is 3. The number of anilines is 2. The van der Waals surface area contributed by atoms with Gasteiger partial charge in [0, 0.05) is 151 Å². The van der Waals surface area contributed by atoms with Crippen molar-refractivity contribution in [3.8, 4) is 90.7 Å².